The number of carbonyl (C=O) groups excluding carboxylic acids is 1. The van der Waals surface area contributed by atoms with E-state index in [-0.39, 0.29) is 17.2 Å². The predicted octanol–water partition coefficient (Wildman–Crippen LogP) is 3.35. The van der Waals surface area contributed by atoms with Crippen molar-refractivity contribution >= 4 is 5.91 Å². The van der Waals surface area contributed by atoms with Gasteiger partial charge in [0.15, 0.2) is 5.69 Å². The minimum absolute atomic E-state index is 0.0203. The number of benzene rings is 2. The molecule has 0 bridgehead atoms. The average molecular weight is 405 g/mol. The maximum atomic E-state index is 12.9. The molecule has 1 atom stereocenters. The maximum absolute atomic E-state index is 12.9. The number of carbonyl (C=O) groups is 1. The normalized spacial score (nSPS) is 12.0. The molecule has 0 radical (unpaired) electrons. The molecule has 156 valence electrons. The summed E-state index contributed by atoms with van der Waals surface area (Å²) in [6.07, 6.45) is 0. The molecule has 0 aliphatic rings. The van der Waals surface area contributed by atoms with Gasteiger partial charge in [-0.25, -0.2) is 4.68 Å². The lowest BCUT2D eigenvalue weighted by Crippen LogP contribution is -2.40. The second-order valence-corrected chi connectivity index (χ2v) is 7.10. The van der Waals surface area contributed by atoms with Crippen LogP contribution in [0.25, 0.3) is 5.69 Å². The van der Waals surface area contributed by atoms with E-state index in [1.54, 1.807) is 11.6 Å². The molecule has 1 aromatic heterocycles. The van der Waals surface area contributed by atoms with Crippen molar-refractivity contribution < 1.29 is 4.79 Å². The molecular formula is C24H28N4O2. The predicted molar refractivity (Wildman–Crippen MR) is 119 cm³/mol. The summed E-state index contributed by atoms with van der Waals surface area (Å²) < 4.78 is 1.62. The first-order chi connectivity index (χ1) is 14.5. The number of amides is 1. The molecule has 2 aromatic carbocycles. The summed E-state index contributed by atoms with van der Waals surface area (Å²) in [6, 6.07) is 21.0. The summed E-state index contributed by atoms with van der Waals surface area (Å²) >= 11 is 0. The zero-order valence-electron chi connectivity index (χ0n) is 17.7. The van der Waals surface area contributed by atoms with Crippen molar-refractivity contribution in [1.82, 2.24) is 20.0 Å². The fourth-order valence-corrected chi connectivity index (χ4v) is 3.61. The Bertz CT molecular complexity index is 1030. The van der Waals surface area contributed by atoms with Crippen LogP contribution in [0.1, 0.15) is 41.6 Å². The first kappa shape index (κ1) is 21.5. The van der Waals surface area contributed by atoms with Gasteiger partial charge in [-0.1, -0.05) is 62.4 Å². The van der Waals surface area contributed by atoms with Crippen LogP contribution in [-0.2, 0) is 0 Å². The Morgan fingerprint density at radius 2 is 1.63 bits per heavy atom. The van der Waals surface area contributed by atoms with Gasteiger partial charge in [0, 0.05) is 18.3 Å². The molecule has 1 heterocycles. The first-order valence-corrected chi connectivity index (χ1v) is 10.3. The Balaban J connectivity index is 1.85. The molecule has 0 saturated heterocycles. The van der Waals surface area contributed by atoms with Crippen molar-refractivity contribution in [1.29, 1.82) is 0 Å². The van der Waals surface area contributed by atoms with E-state index in [1.807, 2.05) is 48.5 Å². The Kier molecular flexibility index (Phi) is 7.14. The smallest absolute Gasteiger partial charge is 0.275 e. The lowest BCUT2D eigenvalue weighted by Gasteiger charge is -2.30. The van der Waals surface area contributed by atoms with Gasteiger partial charge in [0.05, 0.1) is 11.7 Å². The van der Waals surface area contributed by atoms with Gasteiger partial charge in [-0.15, -0.1) is 0 Å². The zero-order chi connectivity index (χ0) is 21.5. The molecule has 3 aromatic rings. The number of rotatable bonds is 8. The van der Waals surface area contributed by atoms with Crippen molar-refractivity contribution in [2.45, 2.75) is 26.8 Å². The van der Waals surface area contributed by atoms with Crippen LogP contribution in [0, 0.1) is 6.92 Å². The highest BCUT2D eigenvalue weighted by Crippen LogP contribution is 2.19. The number of likely N-dealkylation sites (N-methyl/N-ethyl adjacent to an activating group) is 1. The second kappa shape index (κ2) is 9.98. The molecule has 0 aliphatic carbocycles. The summed E-state index contributed by atoms with van der Waals surface area (Å²) in [6.45, 7) is 8.10. The van der Waals surface area contributed by atoms with Crippen LogP contribution in [0.4, 0.5) is 0 Å². The summed E-state index contributed by atoms with van der Waals surface area (Å²) in [5.41, 5.74) is 2.12. The molecule has 3 rings (SSSR count). The lowest BCUT2D eigenvalue weighted by atomic mass is 10.0. The van der Waals surface area contributed by atoms with Crippen LogP contribution in [-0.4, -0.2) is 40.2 Å². The van der Waals surface area contributed by atoms with E-state index in [2.05, 4.69) is 41.3 Å². The quantitative estimate of drug-likeness (QED) is 0.625. The van der Waals surface area contributed by atoms with Gasteiger partial charge in [0.2, 0.25) is 5.43 Å². The van der Waals surface area contributed by atoms with Crippen LogP contribution in [0.3, 0.4) is 0 Å². The summed E-state index contributed by atoms with van der Waals surface area (Å²) in [5, 5.41) is 7.29. The topological polar surface area (TPSA) is 67.2 Å². The molecule has 0 fully saturated rings. The van der Waals surface area contributed by atoms with Crippen molar-refractivity contribution in [3.05, 3.63) is 93.9 Å². The molecule has 0 spiro atoms. The highest BCUT2D eigenvalue weighted by Gasteiger charge is 2.21. The lowest BCUT2D eigenvalue weighted by molar-refractivity contribution is 0.0927. The molecule has 6 heteroatoms. The van der Waals surface area contributed by atoms with Crippen molar-refractivity contribution in [3.63, 3.8) is 0 Å². The number of hydrogen-bond donors (Lipinski definition) is 1. The Labute approximate surface area is 177 Å². The van der Waals surface area contributed by atoms with Crippen LogP contribution < -0.4 is 10.7 Å². The molecule has 1 N–H and O–H groups in total. The number of aromatic nitrogens is 2. The fourth-order valence-electron chi connectivity index (χ4n) is 3.61. The summed E-state index contributed by atoms with van der Waals surface area (Å²) in [5.74, 6) is -0.460. The molecule has 6 nitrogen and oxygen atoms in total. The number of aryl methyl sites for hydroxylation is 1. The van der Waals surface area contributed by atoms with E-state index in [4.69, 9.17) is 0 Å². The van der Waals surface area contributed by atoms with E-state index >= 15 is 0 Å². The summed E-state index contributed by atoms with van der Waals surface area (Å²) in [7, 11) is 0. The molecule has 1 amide bonds. The molecule has 0 aliphatic heterocycles. The molecule has 0 saturated carbocycles. The van der Waals surface area contributed by atoms with E-state index in [0.717, 1.165) is 24.3 Å². The molecule has 30 heavy (non-hydrogen) atoms. The highest BCUT2D eigenvalue weighted by molar-refractivity contribution is 5.92. The maximum Gasteiger partial charge on any atom is 0.275 e. The monoisotopic (exact) mass is 404 g/mol. The Morgan fingerprint density at radius 3 is 2.23 bits per heavy atom. The number of para-hydroxylation sites is 1. The fraction of sp³-hybridized carbons (Fsp3) is 0.292. The van der Waals surface area contributed by atoms with E-state index in [0.29, 0.717) is 12.2 Å². The third kappa shape index (κ3) is 4.83. The third-order valence-corrected chi connectivity index (χ3v) is 5.22. The molecule has 1 unspecified atom stereocenters. The van der Waals surface area contributed by atoms with E-state index in [1.165, 1.54) is 6.07 Å². The number of hydrogen-bond acceptors (Lipinski definition) is 4. The average Bonchev–Trinajstić information content (AvgIpc) is 2.77. The standard InChI is InChI=1S/C24H28N4O2/c1-4-27(5-2)21(19-12-8-6-9-13-19)17-25-24(30)23-22(29)16-18(3)28(26-23)20-14-10-7-11-15-20/h6-16,21H,4-5,17H2,1-3H3,(H,25,30). The van der Waals surface area contributed by atoms with Gasteiger partial charge in [-0.05, 0) is 37.7 Å². The van der Waals surface area contributed by atoms with Crippen LogP contribution >= 0.6 is 0 Å². The van der Waals surface area contributed by atoms with E-state index in [9.17, 15) is 9.59 Å². The van der Waals surface area contributed by atoms with Crippen LogP contribution in [0.5, 0.6) is 0 Å². The number of nitrogens with zero attached hydrogens (tertiary/aromatic N) is 3. The van der Waals surface area contributed by atoms with Crippen molar-refractivity contribution in [2.24, 2.45) is 0 Å². The zero-order valence-corrected chi connectivity index (χ0v) is 17.7. The minimum Gasteiger partial charge on any atom is -0.349 e. The first-order valence-electron chi connectivity index (χ1n) is 10.3. The van der Waals surface area contributed by atoms with Gasteiger partial charge in [0.25, 0.3) is 5.91 Å². The minimum atomic E-state index is -0.460. The SMILES string of the molecule is CCN(CC)C(CNC(=O)c1nn(-c2ccccc2)c(C)cc1=O)c1ccccc1. The van der Waals surface area contributed by atoms with Gasteiger partial charge < -0.3 is 5.32 Å². The largest absolute Gasteiger partial charge is 0.349 e. The van der Waals surface area contributed by atoms with Crippen molar-refractivity contribution in [3.8, 4) is 5.69 Å². The highest BCUT2D eigenvalue weighted by atomic mass is 16.2. The second-order valence-electron chi connectivity index (χ2n) is 7.10. The van der Waals surface area contributed by atoms with Gasteiger partial charge >= 0.3 is 0 Å². The Morgan fingerprint density at radius 1 is 1.03 bits per heavy atom. The van der Waals surface area contributed by atoms with Crippen molar-refractivity contribution in [2.75, 3.05) is 19.6 Å². The van der Waals surface area contributed by atoms with Crippen LogP contribution in [0.15, 0.2) is 71.5 Å². The van der Waals surface area contributed by atoms with Gasteiger partial charge in [-0.3, -0.25) is 14.5 Å². The van der Waals surface area contributed by atoms with Gasteiger partial charge in [0.1, 0.15) is 0 Å². The summed E-state index contributed by atoms with van der Waals surface area (Å²) in [4.78, 5) is 27.6. The third-order valence-electron chi connectivity index (χ3n) is 5.22. The van der Waals surface area contributed by atoms with E-state index < -0.39 is 5.91 Å². The number of nitrogens with one attached hydrogen (secondary N) is 1. The Hall–Kier alpha value is -3.25. The molecular weight excluding hydrogens is 376 g/mol. The van der Waals surface area contributed by atoms with Crippen LogP contribution in [0.2, 0.25) is 0 Å². The van der Waals surface area contributed by atoms with Gasteiger partial charge in [-0.2, -0.15) is 5.10 Å².